The van der Waals surface area contributed by atoms with Crippen LogP contribution in [0.1, 0.15) is 28.5 Å². The van der Waals surface area contributed by atoms with E-state index >= 15 is 0 Å². The molecule has 0 saturated heterocycles. The lowest BCUT2D eigenvalue weighted by Gasteiger charge is -2.28. The Morgan fingerprint density at radius 2 is 2.13 bits per heavy atom. The number of hydrogen-bond acceptors (Lipinski definition) is 8. The molecular formula is C20H20F3N5O3. The van der Waals surface area contributed by atoms with Gasteiger partial charge in [-0.05, 0) is 30.7 Å². The van der Waals surface area contributed by atoms with E-state index in [2.05, 4.69) is 25.0 Å². The van der Waals surface area contributed by atoms with Gasteiger partial charge in [0.2, 0.25) is 12.7 Å². The first kappa shape index (κ1) is 22.1. The SMILES string of the molecule is CNc1nc(OCF)cnc1C(=O)Cc1ccc(F)c([C@]2(C)C=C(CF)OC(N)=N2)c1. The van der Waals surface area contributed by atoms with E-state index in [4.69, 9.17) is 10.5 Å². The van der Waals surface area contributed by atoms with Crippen LogP contribution < -0.4 is 15.8 Å². The topological polar surface area (TPSA) is 112 Å². The zero-order valence-corrected chi connectivity index (χ0v) is 16.8. The van der Waals surface area contributed by atoms with Crippen molar-refractivity contribution in [3.05, 3.63) is 58.9 Å². The highest BCUT2D eigenvalue weighted by molar-refractivity contribution is 5.99. The molecule has 164 valence electrons. The van der Waals surface area contributed by atoms with E-state index in [0.717, 1.165) is 6.20 Å². The van der Waals surface area contributed by atoms with Crippen molar-refractivity contribution in [2.45, 2.75) is 18.9 Å². The predicted molar refractivity (Wildman–Crippen MR) is 107 cm³/mol. The molecule has 11 heteroatoms. The summed E-state index contributed by atoms with van der Waals surface area (Å²) in [5, 5.41) is 2.71. The largest absolute Gasteiger partial charge is 0.445 e. The average molecular weight is 435 g/mol. The van der Waals surface area contributed by atoms with Gasteiger partial charge in [-0.15, -0.1) is 0 Å². The summed E-state index contributed by atoms with van der Waals surface area (Å²) in [6, 6.07) is 3.80. The summed E-state index contributed by atoms with van der Waals surface area (Å²) in [7, 11) is 1.53. The summed E-state index contributed by atoms with van der Waals surface area (Å²) in [6.45, 7) is -0.464. The van der Waals surface area contributed by atoms with Gasteiger partial charge in [0, 0.05) is 19.0 Å². The first-order chi connectivity index (χ1) is 14.8. The smallest absolute Gasteiger partial charge is 0.288 e. The van der Waals surface area contributed by atoms with Gasteiger partial charge in [-0.25, -0.2) is 23.1 Å². The van der Waals surface area contributed by atoms with E-state index in [0.29, 0.717) is 5.56 Å². The third kappa shape index (κ3) is 4.76. The Hall–Kier alpha value is -3.63. The normalized spacial score (nSPS) is 18.0. The summed E-state index contributed by atoms with van der Waals surface area (Å²) in [4.78, 5) is 24.9. The molecule has 0 spiro atoms. The van der Waals surface area contributed by atoms with Crippen LogP contribution in [0.25, 0.3) is 0 Å². The van der Waals surface area contributed by atoms with Gasteiger partial charge in [0.25, 0.3) is 6.02 Å². The van der Waals surface area contributed by atoms with Crippen LogP contribution in [0, 0.1) is 5.82 Å². The number of ketones is 1. The molecule has 0 radical (unpaired) electrons. The molecule has 3 N–H and O–H groups in total. The number of allylic oxidation sites excluding steroid dienone is 1. The quantitative estimate of drug-likeness (QED) is 0.613. The van der Waals surface area contributed by atoms with Crippen molar-refractivity contribution in [3.8, 4) is 5.88 Å². The van der Waals surface area contributed by atoms with Crippen LogP contribution in [-0.2, 0) is 16.7 Å². The Labute approximate surface area is 176 Å². The Balaban J connectivity index is 1.92. The number of benzene rings is 1. The Morgan fingerprint density at radius 3 is 2.81 bits per heavy atom. The highest BCUT2D eigenvalue weighted by atomic mass is 19.1. The number of nitrogens with zero attached hydrogens (tertiary/aromatic N) is 3. The zero-order valence-electron chi connectivity index (χ0n) is 16.8. The van der Waals surface area contributed by atoms with Gasteiger partial charge in [0.15, 0.2) is 11.6 Å². The fourth-order valence-electron chi connectivity index (χ4n) is 3.18. The van der Waals surface area contributed by atoms with Crippen LogP contribution in [-0.4, -0.2) is 42.4 Å². The molecule has 0 saturated carbocycles. The molecule has 31 heavy (non-hydrogen) atoms. The van der Waals surface area contributed by atoms with E-state index in [1.54, 1.807) is 6.92 Å². The minimum atomic E-state index is -1.31. The number of amidine groups is 1. The van der Waals surface area contributed by atoms with Crippen molar-refractivity contribution in [2.24, 2.45) is 10.7 Å². The number of rotatable bonds is 8. The lowest BCUT2D eigenvalue weighted by molar-refractivity contribution is 0.0988. The summed E-state index contributed by atoms with van der Waals surface area (Å²) < 4.78 is 49.7. The van der Waals surface area contributed by atoms with E-state index in [1.807, 2.05) is 0 Å². The summed E-state index contributed by atoms with van der Waals surface area (Å²) in [5.41, 5.74) is 4.88. The second-order valence-corrected chi connectivity index (χ2v) is 6.77. The lowest BCUT2D eigenvalue weighted by atomic mass is 9.88. The summed E-state index contributed by atoms with van der Waals surface area (Å²) in [6.07, 6.45) is 2.33. The Morgan fingerprint density at radius 1 is 1.35 bits per heavy atom. The number of anilines is 1. The minimum absolute atomic E-state index is 0.0127. The molecule has 1 aliphatic heterocycles. The number of aliphatic imine (C=N–C) groups is 1. The molecule has 0 unspecified atom stereocenters. The highest BCUT2D eigenvalue weighted by Gasteiger charge is 2.32. The average Bonchev–Trinajstić information content (AvgIpc) is 2.74. The predicted octanol–water partition coefficient (Wildman–Crippen LogP) is 2.80. The molecule has 0 amide bonds. The van der Waals surface area contributed by atoms with Crippen molar-refractivity contribution >= 4 is 17.6 Å². The maximum absolute atomic E-state index is 14.6. The second kappa shape index (κ2) is 9.02. The number of nitrogens with one attached hydrogen (secondary N) is 1. The molecule has 0 bridgehead atoms. The number of alkyl halides is 2. The van der Waals surface area contributed by atoms with Crippen molar-refractivity contribution in [2.75, 3.05) is 25.9 Å². The third-order valence-corrected chi connectivity index (χ3v) is 4.55. The fourth-order valence-corrected chi connectivity index (χ4v) is 3.18. The highest BCUT2D eigenvalue weighted by Crippen LogP contribution is 2.34. The van der Waals surface area contributed by atoms with Crippen molar-refractivity contribution in [1.29, 1.82) is 0 Å². The molecule has 2 heterocycles. The molecule has 8 nitrogen and oxygen atoms in total. The first-order valence-electron chi connectivity index (χ1n) is 9.16. The molecule has 0 aliphatic carbocycles. The Kier molecular flexibility index (Phi) is 6.42. The van der Waals surface area contributed by atoms with Gasteiger partial charge in [-0.1, -0.05) is 6.07 Å². The van der Waals surface area contributed by atoms with E-state index < -0.39 is 30.7 Å². The van der Waals surface area contributed by atoms with Crippen LogP contribution in [0.2, 0.25) is 0 Å². The van der Waals surface area contributed by atoms with E-state index in [9.17, 15) is 18.0 Å². The van der Waals surface area contributed by atoms with Crippen LogP contribution >= 0.6 is 0 Å². The number of Topliss-reactive ketones (excluding diaryl/α,β-unsaturated/α-hetero) is 1. The van der Waals surface area contributed by atoms with Gasteiger partial charge in [-0.3, -0.25) is 4.79 Å². The molecule has 1 atom stereocenters. The van der Waals surface area contributed by atoms with Gasteiger partial charge >= 0.3 is 0 Å². The van der Waals surface area contributed by atoms with Gasteiger partial charge in [0.1, 0.15) is 29.5 Å². The Bertz CT molecular complexity index is 1060. The fraction of sp³-hybridized carbons (Fsp3) is 0.300. The minimum Gasteiger partial charge on any atom is -0.445 e. The van der Waals surface area contributed by atoms with Crippen molar-refractivity contribution in [1.82, 2.24) is 9.97 Å². The van der Waals surface area contributed by atoms with Crippen LogP contribution in [0.4, 0.5) is 19.0 Å². The van der Waals surface area contributed by atoms with Gasteiger partial charge in [-0.2, -0.15) is 4.98 Å². The monoisotopic (exact) mass is 435 g/mol. The van der Waals surface area contributed by atoms with Crippen LogP contribution in [0.3, 0.4) is 0 Å². The molecule has 3 rings (SSSR count). The first-order valence-corrected chi connectivity index (χ1v) is 9.16. The maximum atomic E-state index is 14.6. The van der Waals surface area contributed by atoms with Crippen molar-refractivity contribution in [3.63, 3.8) is 0 Å². The molecule has 2 aromatic rings. The zero-order chi connectivity index (χ0) is 22.6. The van der Waals surface area contributed by atoms with Gasteiger partial charge in [0.05, 0.1) is 6.20 Å². The number of halogens is 3. The number of hydrogen-bond donors (Lipinski definition) is 2. The summed E-state index contributed by atoms with van der Waals surface area (Å²) in [5.74, 6) is -1.06. The van der Waals surface area contributed by atoms with E-state index in [-0.39, 0.29) is 41.2 Å². The van der Waals surface area contributed by atoms with Crippen LogP contribution in [0.5, 0.6) is 5.88 Å². The standard InChI is InChI=1S/C20H20F3N5O3/c1-20(7-12(8-21)31-19(24)28-20)13-5-11(3-4-14(13)23)6-15(29)17-18(25-2)27-16(9-26-17)30-10-22/h3-5,7,9H,6,8,10H2,1-2H3,(H2,24,28)(H,25,27)/t20-/m0/s1. The number of nitrogens with two attached hydrogens (primary N) is 1. The number of ether oxygens (including phenoxy) is 2. The third-order valence-electron chi connectivity index (χ3n) is 4.55. The van der Waals surface area contributed by atoms with Crippen LogP contribution in [0.15, 0.2) is 41.2 Å². The maximum Gasteiger partial charge on any atom is 0.288 e. The molecule has 1 aromatic heterocycles. The molecule has 1 aromatic carbocycles. The number of aromatic nitrogens is 2. The molecule has 0 fully saturated rings. The summed E-state index contributed by atoms with van der Waals surface area (Å²) >= 11 is 0. The second-order valence-electron chi connectivity index (χ2n) is 6.77. The molecule has 1 aliphatic rings. The van der Waals surface area contributed by atoms with Crippen molar-refractivity contribution < 1.29 is 27.4 Å². The lowest BCUT2D eigenvalue weighted by Crippen LogP contribution is -2.31. The van der Waals surface area contributed by atoms with Gasteiger partial charge < -0.3 is 20.5 Å². The van der Waals surface area contributed by atoms with E-state index in [1.165, 1.54) is 31.3 Å². The molecular weight excluding hydrogens is 415 g/mol. The number of carbonyl (C=O) groups is 1. The number of carbonyl (C=O) groups excluding carboxylic acids is 1.